The Morgan fingerprint density at radius 2 is 1.87 bits per heavy atom. The minimum atomic E-state index is -0.358. The number of rotatable bonds is 6. The maximum Gasteiger partial charge on any atom is 0.337 e. The number of benzene rings is 2. The third kappa shape index (κ3) is 4.13. The van der Waals surface area contributed by atoms with Crippen LogP contribution in [-0.2, 0) is 16.1 Å². The van der Waals surface area contributed by atoms with E-state index in [4.69, 9.17) is 4.74 Å². The number of piperazine rings is 1. The second kappa shape index (κ2) is 9.04. The molecule has 3 atom stereocenters. The molecule has 2 fully saturated rings. The summed E-state index contributed by atoms with van der Waals surface area (Å²) in [6.45, 7) is 3.68. The van der Waals surface area contributed by atoms with Gasteiger partial charge >= 0.3 is 5.97 Å². The molecule has 0 unspecified atom stereocenters. The molecule has 1 amide bonds. The highest BCUT2D eigenvalue weighted by atomic mass is 16.5. The normalized spacial score (nSPS) is 23.5. The van der Waals surface area contributed by atoms with Gasteiger partial charge < -0.3 is 14.7 Å². The Labute approximate surface area is 182 Å². The molecular formula is C25H28N2O4. The van der Waals surface area contributed by atoms with E-state index in [1.807, 2.05) is 30.0 Å². The molecule has 31 heavy (non-hydrogen) atoms. The number of aliphatic hydroxyl groups excluding tert-OH is 1. The monoisotopic (exact) mass is 420 g/mol. The molecule has 2 aromatic rings. The van der Waals surface area contributed by atoms with Crippen LogP contribution in [0.1, 0.15) is 39.9 Å². The van der Waals surface area contributed by atoms with Crippen molar-refractivity contribution in [1.29, 1.82) is 0 Å². The first-order valence-electron chi connectivity index (χ1n) is 10.6. The second-order valence-electron chi connectivity index (χ2n) is 8.17. The van der Waals surface area contributed by atoms with E-state index in [9.17, 15) is 14.7 Å². The number of fused-ring (bicyclic) bond motifs is 1. The molecule has 1 N–H and O–H groups in total. The molecule has 6 heteroatoms. The average Bonchev–Trinajstić information content (AvgIpc) is 2.77. The molecule has 2 saturated heterocycles. The van der Waals surface area contributed by atoms with Crippen molar-refractivity contribution in [2.75, 3.05) is 26.8 Å². The number of hydrogen-bond donors (Lipinski definition) is 1. The SMILES string of the molecule is C/C=C/c1ccc([C@H]2[C@@H](CO)N3C(=O)CN(Cc4ccc(C(=O)OC)cc4)C[C@H]23)cc1. The molecule has 4 rings (SSSR count). The van der Waals surface area contributed by atoms with Gasteiger partial charge in [0.15, 0.2) is 0 Å². The van der Waals surface area contributed by atoms with Crippen LogP contribution in [0.5, 0.6) is 0 Å². The summed E-state index contributed by atoms with van der Waals surface area (Å²) in [5.74, 6) is -0.176. The number of aliphatic hydroxyl groups is 1. The highest BCUT2D eigenvalue weighted by Gasteiger charge is 2.53. The number of nitrogens with zero attached hydrogens (tertiary/aromatic N) is 2. The largest absolute Gasteiger partial charge is 0.465 e. The van der Waals surface area contributed by atoms with Crippen LogP contribution in [-0.4, -0.2) is 65.7 Å². The van der Waals surface area contributed by atoms with E-state index in [0.29, 0.717) is 18.7 Å². The summed E-state index contributed by atoms with van der Waals surface area (Å²) in [4.78, 5) is 28.5. The molecule has 0 radical (unpaired) electrons. The molecular weight excluding hydrogens is 392 g/mol. The fourth-order valence-electron chi connectivity index (χ4n) is 4.83. The molecule has 162 valence electrons. The molecule has 2 aromatic carbocycles. The van der Waals surface area contributed by atoms with E-state index >= 15 is 0 Å². The summed E-state index contributed by atoms with van der Waals surface area (Å²) in [5, 5.41) is 9.95. The lowest BCUT2D eigenvalue weighted by Crippen LogP contribution is -2.72. The molecule has 0 aromatic heterocycles. The number of hydrogen-bond acceptors (Lipinski definition) is 5. The number of carbonyl (C=O) groups is 2. The molecule has 2 aliphatic rings. The molecule has 2 heterocycles. The van der Waals surface area contributed by atoms with Gasteiger partial charge in [-0.25, -0.2) is 4.79 Å². The third-order valence-corrected chi connectivity index (χ3v) is 6.28. The first kappa shape index (κ1) is 21.3. The van der Waals surface area contributed by atoms with E-state index in [2.05, 4.69) is 35.2 Å². The van der Waals surface area contributed by atoms with Crippen molar-refractivity contribution in [3.8, 4) is 0 Å². The number of amides is 1. The molecule has 0 aliphatic carbocycles. The zero-order valence-corrected chi connectivity index (χ0v) is 17.9. The summed E-state index contributed by atoms with van der Waals surface area (Å²) in [6, 6.07) is 15.6. The third-order valence-electron chi connectivity index (χ3n) is 6.28. The number of carbonyl (C=O) groups excluding carboxylic acids is 2. The fourth-order valence-corrected chi connectivity index (χ4v) is 4.83. The van der Waals surface area contributed by atoms with Gasteiger partial charge in [-0.2, -0.15) is 0 Å². The van der Waals surface area contributed by atoms with Gasteiger partial charge in [-0.15, -0.1) is 0 Å². The van der Waals surface area contributed by atoms with Gasteiger partial charge in [-0.1, -0.05) is 48.6 Å². The molecule has 0 spiro atoms. The lowest BCUT2D eigenvalue weighted by molar-refractivity contribution is -0.162. The summed E-state index contributed by atoms with van der Waals surface area (Å²) in [7, 11) is 1.37. The quantitative estimate of drug-likeness (QED) is 0.728. The topological polar surface area (TPSA) is 70.1 Å². The van der Waals surface area contributed by atoms with Crippen molar-refractivity contribution in [1.82, 2.24) is 9.80 Å². The number of methoxy groups -OCH3 is 1. The minimum absolute atomic E-state index is 0.0293. The zero-order chi connectivity index (χ0) is 22.0. The first-order valence-corrected chi connectivity index (χ1v) is 10.6. The van der Waals surface area contributed by atoms with Crippen molar-refractivity contribution in [2.24, 2.45) is 0 Å². The molecule has 6 nitrogen and oxygen atoms in total. The van der Waals surface area contributed by atoms with E-state index < -0.39 is 0 Å². The maximum atomic E-state index is 12.8. The lowest BCUT2D eigenvalue weighted by Gasteiger charge is -2.59. The van der Waals surface area contributed by atoms with E-state index in [-0.39, 0.29) is 36.5 Å². The Morgan fingerprint density at radius 3 is 2.48 bits per heavy atom. The Kier molecular flexibility index (Phi) is 6.20. The van der Waals surface area contributed by atoms with Crippen LogP contribution in [0.15, 0.2) is 54.6 Å². The van der Waals surface area contributed by atoms with Crippen molar-refractivity contribution < 1.29 is 19.4 Å². The van der Waals surface area contributed by atoms with Crippen LogP contribution < -0.4 is 0 Å². The van der Waals surface area contributed by atoms with Crippen molar-refractivity contribution in [2.45, 2.75) is 31.5 Å². The van der Waals surface area contributed by atoms with Crippen LogP contribution >= 0.6 is 0 Å². The van der Waals surface area contributed by atoms with E-state index in [1.54, 1.807) is 12.1 Å². The maximum absolute atomic E-state index is 12.8. The fraction of sp³-hybridized carbons (Fsp3) is 0.360. The predicted octanol–water partition coefficient (Wildman–Crippen LogP) is 2.68. The predicted molar refractivity (Wildman–Crippen MR) is 118 cm³/mol. The molecule has 0 bridgehead atoms. The van der Waals surface area contributed by atoms with Gasteiger partial charge in [-0.05, 0) is 35.7 Å². The lowest BCUT2D eigenvalue weighted by atomic mass is 9.73. The molecule has 0 saturated carbocycles. The van der Waals surface area contributed by atoms with Crippen LogP contribution in [0.25, 0.3) is 6.08 Å². The summed E-state index contributed by atoms with van der Waals surface area (Å²) >= 11 is 0. The van der Waals surface area contributed by atoms with Crippen LogP contribution in [0.2, 0.25) is 0 Å². The summed E-state index contributed by atoms with van der Waals surface area (Å²) in [6.07, 6.45) is 4.06. The smallest absolute Gasteiger partial charge is 0.337 e. The van der Waals surface area contributed by atoms with Crippen LogP contribution in [0.4, 0.5) is 0 Å². The Bertz CT molecular complexity index is 968. The van der Waals surface area contributed by atoms with Crippen molar-refractivity contribution in [3.63, 3.8) is 0 Å². The first-order chi connectivity index (χ1) is 15.0. The van der Waals surface area contributed by atoms with Gasteiger partial charge in [0.25, 0.3) is 0 Å². The van der Waals surface area contributed by atoms with Crippen molar-refractivity contribution in [3.05, 3.63) is 76.9 Å². The Hall–Kier alpha value is -2.96. The number of ether oxygens (including phenoxy) is 1. The van der Waals surface area contributed by atoms with Crippen LogP contribution in [0, 0.1) is 0 Å². The Balaban J connectivity index is 1.48. The minimum Gasteiger partial charge on any atom is -0.465 e. The Morgan fingerprint density at radius 1 is 1.16 bits per heavy atom. The van der Waals surface area contributed by atoms with Gasteiger partial charge in [-0.3, -0.25) is 9.69 Å². The molecule has 2 aliphatic heterocycles. The van der Waals surface area contributed by atoms with E-state index in [0.717, 1.165) is 23.2 Å². The average molecular weight is 421 g/mol. The second-order valence-corrected chi connectivity index (χ2v) is 8.17. The highest BCUT2D eigenvalue weighted by Crippen LogP contribution is 2.43. The zero-order valence-electron chi connectivity index (χ0n) is 17.9. The van der Waals surface area contributed by atoms with Crippen LogP contribution in [0.3, 0.4) is 0 Å². The van der Waals surface area contributed by atoms with Gasteiger partial charge in [0.2, 0.25) is 5.91 Å². The highest BCUT2D eigenvalue weighted by molar-refractivity contribution is 5.89. The van der Waals surface area contributed by atoms with Gasteiger partial charge in [0, 0.05) is 19.0 Å². The summed E-state index contributed by atoms with van der Waals surface area (Å²) in [5.41, 5.74) is 3.85. The summed E-state index contributed by atoms with van der Waals surface area (Å²) < 4.78 is 4.75. The van der Waals surface area contributed by atoms with E-state index in [1.165, 1.54) is 7.11 Å². The van der Waals surface area contributed by atoms with Crippen molar-refractivity contribution >= 4 is 18.0 Å². The number of esters is 1. The van der Waals surface area contributed by atoms with Gasteiger partial charge in [0.1, 0.15) is 0 Å². The number of allylic oxidation sites excluding steroid dienone is 1. The standard InChI is InChI=1S/C25H28N2O4/c1-3-4-17-5-9-19(10-6-17)24-21-14-26(15-23(29)27(21)22(24)16-28)13-18-7-11-20(12-8-18)25(30)31-2/h3-12,21-22,24,28H,13-16H2,1-2H3/b4-3+/t21-,22-,24-/m1/s1. The van der Waals surface area contributed by atoms with Gasteiger partial charge in [0.05, 0.1) is 37.9 Å².